The molecule has 118 valence electrons. The molecule has 1 heterocycles. The molecule has 0 radical (unpaired) electrons. The molecule has 2 N–H and O–H groups in total. The van der Waals surface area contributed by atoms with Crippen molar-refractivity contribution >= 4 is 17.2 Å². The highest BCUT2D eigenvalue weighted by molar-refractivity contribution is 7.14. The van der Waals surface area contributed by atoms with E-state index in [9.17, 15) is 9.90 Å². The molecule has 0 aliphatic heterocycles. The van der Waals surface area contributed by atoms with Gasteiger partial charge in [0.1, 0.15) is 0 Å². The van der Waals surface area contributed by atoms with Crippen molar-refractivity contribution in [3.8, 4) is 0 Å². The van der Waals surface area contributed by atoms with E-state index in [-0.39, 0.29) is 12.5 Å². The van der Waals surface area contributed by atoms with Crippen LogP contribution in [0.5, 0.6) is 0 Å². The average Bonchev–Trinajstić information content (AvgIpc) is 2.77. The second kappa shape index (κ2) is 6.46. The van der Waals surface area contributed by atoms with E-state index in [2.05, 4.69) is 12.2 Å². The molecule has 1 aromatic rings. The van der Waals surface area contributed by atoms with Crippen LogP contribution in [0.25, 0.3) is 0 Å². The van der Waals surface area contributed by atoms with E-state index in [4.69, 9.17) is 0 Å². The van der Waals surface area contributed by atoms with Crippen molar-refractivity contribution in [1.82, 2.24) is 10.2 Å². The number of carbonyl (C=O) groups excluding carboxylic acids is 1. The average molecular weight is 310 g/mol. The SMILES string of the molecule is CC1CCc2sc(C(=O)NCC(C)(O)CN(C)C)cc2C1. The zero-order valence-corrected chi connectivity index (χ0v) is 14.2. The van der Waals surface area contributed by atoms with Crippen LogP contribution < -0.4 is 5.32 Å². The molecule has 0 aromatic carbocycles. The lowest BCUT2D eigenvalue weighted by Crippen LogP contribution is -2.47. The number of amides is 1. The van der Waals surface area contributed by atoms with Gasteiger partial charge < -0.3 is 15.3 Å². The summed E-state index contributed by atoms with van der Waals surface area (Å²) in [6.07, 6.45) is 3.39. The van der Waals surface area contributed by atoms with Crippen LogP contribution in [0.4, 0.5) is 0 Å². The normalized spacial score (nSPS) is 21.0. The summed E-state index contributed by atoms with van der Waals surface area (Å²) in [5, 5.41) is 13.1. The number of hydrogen-bond donors (Lipinski definition) is 2. The fourth-order valence-electron chi connectivity index (χ4n) is 2.91. The van der Waals surface area contributed by atoms with Crippen molar-refractivity contribution in [1.29, 1.82) is 0 Å². The van der Waals surface area contributed by atoms with Gasteiger partial charge in [-0.05, 0) is 57.8 Å². The molecule has 2 atom stereocenters. The first-order valence-corrected chi connectivity index (χ1v) is 8.35. The van der Waals surface area contributed by atoms with E-state index in [0.29, 0.717) is 12.5 Å². The van der Waals surface area contributed by atoms with Crippen LogP contribution >= 0.6 is 11.3 Å². The molecule has 4 nitrogen and oxygen atoms in total. The molecule has 2 unspecified atom stereocenters. The lowest BCUT2D eigenvalue weighted by molar-refractivity contribution is 0.0326. The van der Waals surface area contributed by atoms with E-state index in [1.54, 1.807) is 18.3 Å². The van der Waals surface area contributed by atoms with Gasteiger partial charge in [0.2, 0.25) is 0 Å². The maximum Gasteiger partial charge on any atom is 0.261 e. The van der Waals surface area contributed by atoms with Crippen LogP contribution in [0, 0.1) is 5.92 Å². The number of nitrogens with zero attached hydrogens (tertiary/aromatic N) is 1. The third-order valence-corrected chi connectivity index (χ3v) is 5.08. The van der Waals surface area contributed by atoms with Crippen LogP contribution in [-0.4, -0.2) is 48.7 Å². The van der Waals surface area contributed by atoms with Crippen LogP contribution in [0.3, 0.4) is 0 Å². The maximum absolute atomic E-state index is 12.3. The summed E-state index contributed by atoms with van der Waals surface area (Å²) < 4.78 is 0. The standard InChI is InChI=1S/C16H26N2O2S/c1-11-5-6-13-12(7-11)8-14(21-13)15(19)17-9-16(2,20)10-18(3)4/h8,11,20H,5-7,9-10H2,1-4H3,(H,17,19). The fraction of sp³-hybridized carbons (Fsp3) is 0.688. The zero-order chi connectivity index (χ0) is 15.6. The van der Waals surface area contributed by atoms with Crippen LogP contribution in [0.2, 0.25) is 0 Å². The molecule has 2 rings (SSSR count). The van der Waals surface area contributed by atoms with Gasteiger partial charge in [0.05, 0.1) is 10.5 Å². The molecular formula is C16H26N2O2S. The zero-order valence-electron chi connectivity index (χ0n) is 13.4. The number of likely N-dealkylation sites (N-methyl/N-ethyl adjacent to an activating group) is 1. The largest absolute Gasteiger partial charge is 0.387 e. The number of fused-ring (bicyclic) bond motifs is 1. The Kier molecular flexibility index (Phi) is 5.07. The molecule has 1 aliphatic rings. The Morgan fingerprint density at radius 2 is 2.29 bits per heavy atom. The van der Waals surface area contributed by atoms with Gasteiger partial charge in [-0.2, -0.15) is 0 Å². The molecule has 0 bridgehead atoms. The van der Waals surface area contributed by atoms with Gasteiger partial charge in [-0.25, -0.2) is 0 Å². The lowest BCUT2D eigenvalue weighted by atomic mass is 9.90. The summed E-state index contributed by atoms with van der Waals surface area (Å²) in [7, 11) is 3.82. The highest BCUT2D eigenvalue weighted by atomic mass is 32.1. The van der Waals surface area contributed by atoms with Gasteiger partial charge in [-0.15, -0.1) is 11.3 Å². The molecule has 1 aromatic heterocycles. The summed E-state index contributed by atoms with van der Waals surface area (Å²) >= 11 is 1.61. The van der Waals surface area contributed by atoms with Gasteiger partial charge in [0.15, 0.2) is 0 Å². The van der Waals surface area contributed by atoms with Gasteiger partial charge in [0.25, 0.3) is 5.91 Å². The van der Waals surface area contributed by atoms with E-state index < -0.39 is 5.60 Å². The highest BCUT2D eigenvalue weighted by Crippen LogP contribution is 2.32. The molecule has 1 amide bonds. The minimum absolute atomic E-state index is 0.0684. The predicted molar refractivity (Wildman–Crippen MR) is 87.0 cm³/mol. The van der Waals surface area contributed by atoms with Crippen molar-refractivity contribution in [2.75, 3.05) is 27.2 Å². The number of hydrogen-bond acceptors (Lipinski definition) is 4. The van der Waals surface area contributed by atoms with Crippen LogP contribution in [0.15, 0.2) is 6.07 Å². The predicted octanol–water partition coefficient (Wildman–Crippen LogP) is 1.92. The van der Waals surface area contributed by atoms with Crippen LogP contribution in [-0.2, 0) is 12.8 Å². The Morgan fingerprint density at radius 1 is 1.57 bits per heavy atom. The van der Waals surface area contributed by atoms with E-state index in [1.165, 1.54) is 16.9 Å². The molecule has 1 aliphatic carbocycles. The number of nitrogens with one attached hydrogen (secondary N) is 1. The van der Waals surface area contributed by atoms with E-state index in [0.717, 1.165) is 17.7 Å². The molecule has 5 heteroatoms. The molecule has 0 saturated carbocycles. The Morgan fingerprint density at radius 3 is 2.95 bits per heavy atom. The Balaban J connectivity index is 1.95. The molecule has 21 heavy (non-hydrogen) atoms. The molecule has 0 fully saturated rings. The first-order valence-electron chi connectivity index (χ1n) is 7.54. The summed E-state index contributed by atoms with van der Waals surface area (Å²) in [6.45, 7) is 4.79. The van der Waals surface area contributed by atoms with Gasteiger partial charge in [-0.3, -0.25) is 4.79 Å². The summed E-state index contributed by atoms with van der Waals surface area (Å²) in [5.74, 6) is 0.643. The minimum atomic E-state index is -0.912. The molecule has 0 spiro atoms. The smallest absolute Gasteiger partial charge is 0.261 e. The van der Waals surface area contributed by atoms with Crippen molar-refractivity contribution in [3.05, 3.63) is 21.4 Å². The first kappa shape index (κ1) is 16.5. The number of aliphatic hydroxyl groups is 1. The van der Waals surface area contributed by atoms with Crippen molar-refractivity contribution < 1.29 is 9.90 Å². The monoisotopic (exact) mass is 310 g/mol. The van der Waals surface area contributed by atoms with Gasteiger partial charge >= 0.3 is 0 Å². The summed E-state index contributed by atoms with van der Waals surface area (Å²) in [6, 6.07) is 2.03. The van der Waals surface area contributed by atoms with E-state index >= 15 is 0 Å². The molecular weight excluding hydrogens is 284 g/mol. The maximum atomic E-state index is 12.3. The second-order valence-corrected chi connectivity index (χ2v) is 7.96. The Labute approximate surface area is 131 Å². The third kappa shape index (κ3) is 4.53. The van der Waals surface area contributed by atoms with E-state index in [1.807, 2.05) is 25.1 Å². The lowest BCUT2D eigenvalue weighted by Gasteiger charge is -2.26. The van der Waals surface area contributed by atoms with Crippen LogP contribution in [0.1, 0.15) is 40.4 Å². The second-order valence-electron chi connectivity index (χ2n) is 6.82. The third-order valence-electron chi connectivity index (χ3n) is 3.84. The van der Waals surface area contributed by atoms with Crippen molar-refractivity contribution in [2.45, 2.75) is 38.7 Å². The van der Waals surface area contributed by atoms with Crippen molar-refractivity contribution in [3.63, 3.8) is 0 Å². The first-order chi connectivity index (χ1) is 9.77. The van der Waals surface area contributed by atoms with Gasteiger partial charge in [0, 0.05) is 18.0 Å². The van der Waals surface area contributed by atoms with Crippen molar-refractivity contribution in [2.24, 2.45) is 5.92 Å². The Hall–Kier alpha value is -0.910. The summed E-state index contributed by atoms with van der Waals surface area (Å²) in [5.41, 5.74) is 0.425. The summed E-state index contributed by atoms with van der Waals surface area (Å²) in [4.78, 5) is 16.3. The number of aryl methyl sites for hydroxylation is 1. The molecule has 0 saturated heterocycles. The number of thiophene rings is 1. The Bertz CT molecular complexity index is 508. The van der Waals surface area contributed by atoms with Gasteiger partial charge in [-0.1, -0.05) is 6.92 Å². The fourth-order valence-corrected chi connectivity index (χ4v) is 4.04. The highest BCUT2D eigenvalue weighted by Gasteiger charge is 2.24. The quantitative estimate of drug-likeness (QED) is 0.873. The number of carbonyl (C=O) groups is 1. The minimum Gasteiger partial charge on any atom is -0.387 e. The number of rotatable bonds is 5. The topological polar surface area (TPSA) is 52.6 Å².